The second kappa shape index (κ2) is 7.68. The predicted molar refractivity (Wildman–Crippen MR) is 109 cm³/mol. The highest BCUT2D eigenvalue weighted by atomic mass is 19.1. The van der Waals surface area contributed by atoms with E-state index in [1.165, 1.54) is 12.1 Å². The minimum Gasteiger partial charge on any atom is -0.368 e. The number of morpholine rings is 1. The lowest BCUT2D eigenvalue weighted by atomic mass is 10.1. The van der Waals surface area contributed by atoms with Crippen LogP contribution >= 0.6 is 0 Å². The average molecular weight is 402 g/mol. The van der Waals surface area contributed by atoms with Crippen LogP contribution in [0.2, 0.25) is 0 Å². The number of aromatic nitrogens is 3. The average Bonchev–Trinajstić information content (AvgIpc) is 3.23. The van der Waals surface area contributed by atoms with Crippen LogP contribution in [-0.4, -0.2) is 45.3 Å². The highest BCUT2D eigenvalue weighted by Crippen LogP contribution is 2.27. The molecule has 1 atom stereocenters. The predicted octanol–water partition coefficient (Wildman–Crippen LogP) is 3.75. The van der Waals surface area contributed by atoms with E-state index < -0.39 is 11.9 Å². The van der Waals surface area contributed by atoms with E-state index in [4.69, 9.17) is 4.74 Å². The number of rotatable bonds is 3. The monoisotopic (exact) mass is 402 g/mol. The number of nitrogens with zero attached hydrogens (tertiary/aromatic N) is 4. The Bertz CT molecular complexity index is 1210. The van der Waals surface area contributed by atoms with Gasteiger partial charge in [0.1, 0.15) is 17.6 Å². The number of fused-ring (bicyclic) bond motifs is 1. The van der Waals surface area contributed by atoms with Crippen molar-refractivity contribution < 1.29 is 13.9 Å². The van der Waals surface area contributed by atoms with Crippen LogP contribution in [0, 0.1) is 5.82 Å². The molecule has 150 valence electrons. The van der Waals surface area contributed by atoms with Gasteiger partial charge < -0.3 is 9.64 Å². The Morgan fingerprint density at radius 3 is 2.63 bits per heavy atom. The quantitative estimate of drug-likeness (QED) is 0.524. The number of carbonyl (C=O) groups is 1. The first-order chi connectivity index (χ1) is 14.7. The van der Waals surface area contributed by atoms with Crippen LogP contribution in [0.25, 0.3) is 16.6 Å². The maximum atomic E-state index is 14.0. The van der Waals surface area contributed by atoms with Crippen molar-refractivity contribution >= 4 is 11.4 Å². The molecule has 4 aromatic rings. The third-order valence-corrected chi connectivity index (χ3v) is 5.31. The van der Waals surface area contributed by atoms with Crippen LogP contribution in [0.1, 0.15) is 22.2 Å². The van der Waals surface area contributed by atoms with Crippen molar-refractivity contribution in [3.05, 3.63) is 90.0 Å². The normalized spacial score (nSPS) is 16.7. The molecule has 0 radical (unpaired) electrons. The lowest BCUT2D eigenvalue weighted by Crippen LogP contribution is -2.42. The van der Waals surface area contributed by atoms with Gasteiger partial charge in [-0.2, -0.15) is 0 Å². The van der Waals surface area contributed by atoms with Crippen molar-refractivity contribution in [1.29, 1.82) is 0 Å². The molecule has 0 unspecified atom stereocenters. The first kappa shape index (κ1) is 18.4. The summed E-state index contributed by atoms with van der Waals surface area (Å²) in [6.45, 7) is 1.05. The van der Waals surface area contributed by atoms with Crippen LogP contribution in [0.3, 0.4) is 0 Å². The van der Waals surface area contributed by atoms with E-state index in [0.717, 1.165) is 16.6 Å². The van der Waals surface area contributed by atoms with Crippen molar-refractivity contribution in [2.75, 3.05) is 19.7 Å². The van der Waals surface area contributed by atoms with Crippen molar-refractivity contribution in [3.63, 3.8) is 0 Å². The standard InChI is InChI=1S/C23H19FN4O2/c24-19-9-5-4-8-18(19)23(29)27-12-13-30-21(15-27)22-20-11-10-17(14-28(20)26-25-22)16-6-2-1-3-7-16/h1-11,14,21H,12-13,15H2/t21-/m1/s1. The van der Waals surface area contributed by atoms with Gasteiger partial charge in [0.2, 0.25) is 0 Å². The summed E-state index contributed by atoms with van der Waals surface area (Å²) in [7, 11) is 0. The van der Waals surface area contributed by atoms with E-state index in [9.17, 15) is 9.18 Å². The minimum atomic E-state index is -0.520. The molecule has 2 aromatic heterocycles. The first-order valence-electron chi connectivity index (χ1n) is 9.76. The minimum absolute atomic E-state index is 0.0680. The molecule has 1 amide bonds. The Balaban J connectivity index is 1.41. The Kier molecular flexibility index (Phi) is 4.72. The molecule has 7 heteroatoms. The molecular weight excluding hydrogens is 383 g/mol. The van der Waals surface area contributed by atoms with Gasteiger partial charge in [0.25, 0.3) is 5.91 Å². The number of hydrogen-bond donors (Lipinski definition) is 0. The number of benzene rings is 2. The summed E-state index contributed by atoms with van der Waals surface area (Å²) in [6.07, 6.45) is 1.50. The number of amides is 1. The molecule has 6 nitrogen and oxygen atoms in total. The van der Waals surface area contributed by atoms with Gasteiger partial charge in [-0.1, -0.05) is 53.7 Å². The van der Waals surface area contributed by atoms with Crippen LogP contribution in [0.15, 0.2) is 72.9 Å². The lowest BCUT2D eigenvalue weighted by Gasteiger charge is -2.32. The Morgan fingerprint density at radius 1 is 1.00 bits per heavy atom. The highest BCUT2D eigenvalue weighted by molar-refractivity contribution is 5.94. The molecule has 2 aromatic carbocycles. The zero-order chi connectivity index (χ0) is 20.5. The summed E-state index contributed by atoms with van der Waals surface area (Å²) < 4.78 is 21.7. The molecule has 1 saturated heterocycles. The fourth-order valence-electron chi connectivity index (χ4n) is 3.75. The van der Waals surface area contributed by atoms with Crippen molar-refractivity contribution in [2.45, 2.75) is 6.10 Å². The molecule has 30 heavy (non-hydrogen) atoms. The third-order valence-electron chi connectivity index (χ3n) is 5.31. The second-order valence-electron chi connectivity index (χ2n) is 7.18. The molecular formula is C23H19FN4O2. The van der Waals surface area contributed by atoms with Gasteiger partial charge in [-0.3, -0.25) is 4.79 Å². The number of ether oxygens (including phenoxy) is 1. The number of halogens is 1. The molecule has 0 N–H and O–H groups in total. The smallest absolute Gasteiger partial charge is 0.257 e. The molecule has 0 saturated carbocycles. The van der Waals surface area contributed by atoms with E-state index in [1.807, 2.05) is 48.7 Å². The van der Waals surface area contributed by atoms with Gasteiger partial charge in [-0.25, -0.2) is 8.91 Å². The molecule has 1 aliphatic heterocycles. The molecule has 1 aliphatic rings. The summed E-state index contributed by atoms with van der Waals surface area (Å²) in [5, 5.41) is 8.56. The first-order valence-corrected chi connectivity index (χ1v) is 9.76. The van der Waals surface area contributed by atoms with Gasteiger partial charge in [-0.05, 0) is 23.8 Å². The largest absolute Gasteiger partial charge is 0.368 e. The van der Waals surface area contributed by atoms with Crippen LogP contribution in [-0.2, 0) is 4.74 Å². The van der Waals surface area contributed by atoms with Crippen molar-refractivity contribution in [1.82, 2.24) is 19.7 Å². The zero-order valence-electron chi connectivity index (χ0n) is 16.1. The van der Waals surface area contributed by atoms with Gasteiger partial charge in [0.15, 0.2) is 0 Å². The molecule has 1 fully saturated rings. The van der Waals surface area contributed by atoms with Gasteiger partial charge >= 0.3 is 0 Å². The van der Waals surface area contributed by atoms with E-state index in [1.54, 1.807) is 21.5 Å². The molecule has 0 bridgehead atoms. The molecule has 5 rings (SSSR count). The van der Waals surface area contributed by atoms with Crippen molar-refractivity contribution in [2.24, 2.45) is 0 Å². The summed E-state index contributed by atoms with van der Waals surface area (Å²) in [6, 6.07) is 20.0. The van der Waals surface area contributed by atoms with Gasteiger partial charge in [0.05, 0.1) is 24.2 Å². The Labute approximate surface area is 172 Å². The molecule has 3 heterocycles. The van der Waals surface area contributed by atoms with E-state index in [-0.39, 0.29) is 11.5 Å². The van der Waals surface area contributed by atoms with Gasteiger partial charge in [-0.15, -0.1) is 5.10 Å². The van der Waals surface area contributed by atoms with E-state index in [2.05, 4.69) is 10.3 Å². The summed E-state index contributed by atoms with van der Waals surface area (Å²) in [5.74, 6) is -0.864. The zero-order valence-corrected chi connectivity index (χ0v) is 16.1. The van der Waals surface area contributed by atoms with E-state index in [0.29, 0.717) is 25.4 Å². The summed E-state index contributed by atoms with van der Waals surface area (Å²) in [4.78, 5) is 14.4. The maximum absolute atomic E-state index is 14.0. The summed E-state index contributed by atoms with van der Waals surface area (Å²) >= 11 is 0. The van der Waals surface area contributed by atoms with Crippen molar-refractivity contribution in [3.8, 4) is 11.1 Å². The van der Waals surface area contributed by atoms with Gasteiger partial charge in [0, 0.05) is 18.3 Å². The fraction of sp³-hybridized carbons (Fsp3) is 0.174. The van der Waals surface area contributed by atoms with Crippen LogP contribution < -0.4 is 0 Å². The topological polar surface area (TPSA) is 59.7 Å². The Morgan fingerprint density at radius 2 is 1.80 bits per heavy atom. The Hall–Kier alpha value is -3.58. The van der Waals surface area contributed by atoms with Crippen LogP contribution in [0.5, 0.6) is 0 Å². The third kappa shape index (κ3) is 3.33. The SMILES string of the molecule is O=C(c1ccccc1F)N1CCO[C@@H](c2nnn3cc(-c4ccccc4)ccc23)C1. The van der Waals surface area contributed by atoms with E-state index >= 15 is 0 Å². The second-order valence-corrected chi connectivity index (χ2v) is 7.18. The fourth-order valence-corrected chi connectivity index (χ4v) is 3.75. The maximum Gasteiger partial charge on any atom is 0.257 e. The molecule has 0 spiro atoms. The lowest BCUT2D eigenvalue weighted by molar-refractivity contribution is -0.0242. The highest BCUT2D eigenvalue weighted by Gasteiger charge is 2.30. The number of hydrogen-bond acceptors (Lipinski definition) is 4. The summed E-state index contributed by atoms with van der Waals surface area (Å²) in [5.41, 5.74) is 3.67. The molecule has 0 aliphatic carbocycles. The number of pyridine rings is 1. The number of carbonyl (C=O) groups excluding carboxylic acids is 1. The van der Waals surface area contributed by atoms with Crippen LogP contribution in [0.4, 0.5) is 4.39 Å².